The van der Waals surface area contributed by atoms with Gasteiger partial charge in [-0.2, -0.15) is 0 Å². The fourth-order valence-electron chi connectivity index (χ4n) is 22.0. The lowest BCUT2D eigenvalue weighted by Gasteiger charge is -2.42. The number of benzene rings is 2. The van der Waals surface area contributed by atoms with E-state index in [-0.39, 0.29) is 124 Å². The summed E-state index contributed by atoms with van der Waals surface area (Å²) in [5.74, 6) is -2.63. The van der Waals surface area contributed by atoms with E-state index in [4.69, 9.17) is 44.1 Å². The molecule has 0 unspecified atom stereocenters. The molecule has 12 fully saturated rings. The number of piperidine rings is 2. The molecule has 0 spiro atoms. The number of carbonyl (C=O) groups is 8. The Morgan fingerprint density at radius 3 is 1.35 bits per heavy atom. The number of para-hydroxylation sites is 2. The topological polar surface area (TPSA) is 369 Å². The summed E-state index contributed by atoms with van der Waals surface area (Å²) in [4.78, 5) is 128. The van der Waals surface area contributed by atoms with Gasteiger partial charge in [-0.3, -0.25) is 43.0 Å². The number of Topliss-reactive ketones (excluding diaryl/α,β-unsaturated/α-hetero) is 1. The van der Waals surface area contributed by atoms with Crippen LogP contribution in [0, 0.1) is 51.8 Å². The molecule has 4 saturated heterocycles. The number of aromatic nitrogens is 2. The van der Waals surface area contributed by atoms with Crippen molar-refractivity contribution < 1.29 is 88.7 Å². The number of allylic oxidation sites excluding steroid dienone is 1. The van der Waals surface area contributed by atoms with E-state index in [9.17, 15) is 55.5 Å². The van der Waals surface area contributed by atoms with Gasteiger partial charge >= 0.3 is 17.9 Å². The molecule has 14 atom stereocenters. The molecule has 0 radical (unpaired) electrons. The van der Waals surface area contributed by atoms with Gasteiger partial charge in [-0.05, 0) is 222 Å². The number of carboxylic acids is 1. The van der Waals surface area contributed by atoms with Crippen molar-refractivity contribution >= 4 is 102 Å². The lowest BCUT2D eigenvalue weighted by atomic mass is 9.65. The molecule has 14 aliphatic rings. The Hall–Kier alpha value is -8.03. The predicted octanol–water partition coefficient (Wildman–Crippen LogP) is 13.7. The number of fused-ring (bicyclic) bond motifs is 10. The molecule has 8 heterocycles. The number of nitrogens with one attached hydrogen (secondary N) is 2. The molecule has 18 rings (SSSR count). The van der Waals surface area contributed by atoms with Gasteiger partial charge in [0.15, 0.2) is 5.78 Å². The van der Waals surface area contributed by atoms with E-state index in [0.29, 0.717) is 62.1 Å². The van der Waals surface area contributed by atoms with Gasteiger partial charge in [0, 0.05) is 62.1 Å². The number of nitrogens with zero attached hydrogens (tertiary/aromatic N) is 6. The van der Waals surface area contributed by atoms with E-state index < -0.39 is 111 Å². The number of carboxylic acid groups (broad SMARTS) is 1. The number of nitrogens with two attached hydrogens (primary N) is 1. The first-order chi connectivity index (χ1) is 61.5. The molecule has 4 amide bonds. The number of halogens is 1. The number of hydrogen-bond acceptors (Lipinski definition) is 23. The number of likely N-dealkylation sites (tertiary alicyclic amines) is 2. The second-order valence-corrected chi connectivity index (χ2v) is 46.3. The van der Waals surface area contributed by atoms with E-state index in [1.54, 1.807) is 30.9 Å². The molecule has 4 bridgehead atoms. The van der Waals surface area contributed by atoms with Crippen molar-refractivity contribution in [3.63, 3.8) is 0 Å². The monoisotopic (exact) mass is 1860 g/mol. The Labute approximate surface area is 772 Å². The van der Waals surface area contributed by atoms with E-state index in [1.807, 2.05) is 36.4 Å². The second kappa shape index (κ2) is 39.1. The minimum atomic E-state index is -3.96. The van der Waals surface area contributed by atoms with Crippen LogP contribution in [0.25, 0.3) is 21.8 Å². The normalized spacial score (nSPS) is 31.6. The summed E-state index contributed by atoms with van der Waals surface area (Å²) in [5.41, 5.74) is 5.85. The third-order valence-electron chi connectivity index (χ3n) is 32.1. The molecule has 130 heavy (non-hydrogen) atoms. The first kappa shape index (κ1) is 96.5. The maximum absolute atomic E-state index is 15.4. The maximum Gasteiger partial charge on any atom is 0.326 e. The number of amides is 4. The molecular weight excluding hydrogens is 1720 g/mol. The minimum Gasteiger partial charge on any atom is -0.489 e. The number of rotatable bonds is 18. The van der Waals surface area contributed by atoms with Crippen LogP contribution in [0.1, 0.15) is 264 Å². The van der Waals surface area contributed by atoms with Crippen molar-refractivity contribution in [2.45, 2.75) is 329 Å². The highest BCUT2D eigenvalue weighted by molar-refractivity contribution is 7.92. The molecule has 2 aromatic heterocycles. The minimum absolute atomic E-state index is 0. The fraction of sp³-hybridized carbons (Fsp3) is 0.697. The number of ether oxygens (including phenoxy) is 6. The molecule has 712 valence electrons. The van der Waals surface area contributed by atoms with Crippen LogP contribution < -0.4 is 34.1 Å². The number of hydrogen-bond donors (Lipinski definition) is 4. The Bertz CT molecular complexity index is 5150. The van der Waals surface area contributed by atoms with E-state index in [1.165, 1.54) is 4.90 Å². The summed E-state index contributed by atoms with van der Waals surface area (Å²) in [5, 5.41) is 12.3. The Balaban J connectivity index is 0.000000173. The number of ketones is 1. The predicted molar refractivity (Wildman–Crippen MR) is 494 cm³/mol. The summed E-state index contributed by atoms with van der Waals surface area (Å²) in [6, 6.07) is 14.0. The van der Waals surface area contributed by atoms with Gasteiger partial charge in [-0.25, -0.2) is 31.6 Å². The lowest BCUT2D eigenvalue weighted by molar-refractivity contribution is -0.157. The number of pyridine rings is 2. The molecule has 8 aliphatic carbocycles. The zero-order valence-corrected chi connectivity index (χ0v) is 79.4. The van der Waals surface area contributed by atoms with Crippen LogP contribution in [-0.4, -0.2) is 216 Å². The smallest absolute Gasteiger partial charge is 0.326 e. The fourth-order valence-corrected chi connectivity index (χ4v) is 24.6. The largest absolute Gasteiger partial charge is 0.489 e. The summed E-state index contributed by atoms with van der Waals surface area (Å²) in [6.07, 6.45) is 28.5. The van der Waals surface area contributed by atoms with Crippen LogP contribution in [0.2, 0.25) is 0 Å². The van der Waals surface area contributed by atoms with E-state index >= 15 is 4.79 Å². The number of esters is 2. The SMILES string of the molecule is C=C[C@@H]1C[C@]1(CC(=O)[C@@H]1C[C@@H]2CN1C(=O)[C@H](C1(C)CCCCC1)CC(=O)O[C@@H]1C[C@H]1CCCCCc1c(nc3ccccc3c1OC1CCN(C)CC1)O2)C(=O)NS(=O)(=O)C1(C)CC1.C=C[C@@H]1C[C@]1(N)C(=O)NS(=O)(=O)C1(C)CC1.CN1CCC(Oc2c3c(nc4ccccc24)O[C@@H]2C[C@@H](C(=O)O)N(C2)C(=O)[C@H](C2(C)CCCCC2)CC(=O)O[C@@H]2C[C@H]2CCCCC3)CC1.Cl. The summed E-state index contributed by atoms with van der Waals surface area (Å²) in [6.45, 7) is 19.0. The van der Waals surface area contributed by atoms with Gasteiger partial charge < -0.3 is 58.9 Å². The summed E-state index contributed by atoms with van der Waals surface area (Å²) in [7, 11) is -3.26. The van der Waals surface area contributed by atoms with Gasteiger partial charge in [-0.1, -0.05) is 114 Å². The summed E-state index contributed by atoms with van der Waals surface area (Å²) < 4.78 is 92.4. The Morgan fingerprint density at radius 1 is 0.531 bits per heavy atom. The number of carbonyl (C=O) groups excluding carboxylic acids is 7. The first-order valence-electron chi connectivity index (χ1n) is 48.4. The van der Waals surface area contributed by atoms with Crippen LogP contribution in [0.5, 0.6) is 23.3 Å². The maximum atomic E-state index is 15.4. The van der Waals surface area contributed by atoms with Crippen LogP contribution in [-0.2, 0) is 80.7 Å². The van der Waals surface area contributed by atoms with Crippen molar-refractivity contribution in [3.8, 4) is 23.3 Å². The van der Waals surface area contributed by atoms with Crippen molar-refractivity contribution in [3.05, 3.63) is 85.0 Å². The van der Waals surface area contributed by atoms with Crippen molar-refractivity contribution in [2.24, 2.45) is 57.5 Å². The molecule has 4 aromatic rings. The van der Waals surface area contributed by atoms with Gasteiger partial charge in [0.05, 0.1) is 80.9 Å². The summed E-state index contributed by atoms with van der Waals surface area (Å²) >= 11 is 0. The molecule has 2 aromatic carbocycles. The van der Waals surface area contributed by atoms with Gasteiger partial charge in [0.1, 0.15) is 59.7 Å². The lowest BCUT2D eigenvalue weighted by Crippen LogP contribution is -2.50. The molecule has 8 saturated carbocycles. The molecule has 5 N–H and O–H groups in total. The molecular formula is C99H138ClN9O19S2. The molecule has 6 aliphatic heterocycles. The number of sulfonamides is 2. The highest BCUT2D eigenvalue weighted by Crippen LogP contribution is 2.59. The third-order valence-corrected chi connectivity index (χ3v) is 36.4. The third kappa shape index (κ3) is 21.2. The Morgan fingerprint density at radius 2 is 0.938 bits per heavy atom. The first-order valence-corrected chi connectivity index (χ1v) is 51.3. The zero-order chi connectivity index (χ0) is 91.3. The van der Waals surface area contributed by atoms with Crippen LogP contribution in [0.3, 0.4) is 0 Å². The zero-order valence-electron chi connectivity index (χ0n) is 77.0. The number of aliphatic carboxylic acids is 1. The Kier molecular flexibility index (Phi) is 29.1. The average Bonchev–Trinajstić information content (AvgIpc) is 1.56. The van der Waals surface area contributed by atoms with Crippen molar-refractivity contribution in [1.82, 2.24) is 39.0 Å². The van der Waals surface area contributed by atoms with Crippen LogP contribution in [0.15, 0.2) is 73.8 Å². The molecule has 31 heteroatoms. The van der Waals surface area contributed by atoms with Gasteiger partial charge in [0.2, 0.25) is 49.5 Å². The van der Waals surface area contributed by atoms with Crippen LogP contribution in [0.4, 0.5) is 0 Å². The van der Waals surface area contributed by atoms with E-state index in [0.717, 1.165) is 231 Å². The van der Waals surface area contributed by atoms with Crippen molar-refractivity contribution in [1.29, 1.82) is 0 Å². The van der Waals surface area contributed by atoms with Gasteiger partial charge in [-0.15, -0.1) is 25.6 Å². The van der Waals surface area contributed by atoms with Crippen LogP contribution >= 0.6 is 12.4 Å². The standard InChI is InChI=1S/C50H68N4O9S.C39H53N3O7.C10H16N2O3S.ClH/c1-5-33-29-50(33,47(58)52-64(59,60)49(3)22-23-49)30-41(55)40-27-35-31-54(40)46(57)38(48(2)20-12-7-13-21-48)28-43(56)63-42-26-32(42)14-8-6-9-16-37-44(61-34-18-24-53(4)25-19-34)36-15-10-11-17-39(36)51-45(37)62-35;1-39(17-9-4-10-18-39)30-23-34(43)49-33-21-25(33)11-5-3-6-13-29-35(47-26-15-19-41(2)20-16-26)28-12-7-8-14-31(28)40-36(29)48-27-22-32(38(45)46)42(24-27)37(30)44;1-3-7-6-10(7,11)8(13)12-16(14,15)9(2)4-5-9;/h5,10-11,15,17,32-35,38,40,42H,1,6-9,12-14,16,18-31H2,2-4H3,(H,52,58);7-8,12,14,25-27,30,32-33H,3-6,9-11,13,15-24H2,1-2H3,(H,45,46);3,7H,1,4-6,11H2,2H3,(H,12,13);1H/t32-,33-,35-,38-,40+,42-,50-;25-,27-,30-,32+,33-;7-,10-;/m111./s1. The quantitative estimate of drug-likeness (QED) is 0.0531. The average molecular weight is 1860 g/mol. The van der Waals surface area contributed by atoms with E-state index in [2.05, 4.69) is 72.5 Å². The highest BCUT2D eigenvalue weighted by Gasteiger charge is 2.64. The second-order valence-electron chi connectivity index (χ2n) is 41.9. The van der Waals surface area contributed by atoms with Crippen molar-refractivity contribution in [2.75, 3.05) is 53.4 Å². The highest BCUT2D eigenvalue weighted by atomic mass is 35.5. The van der Waals surface area contributed by atoms with Gasteiger partial charge in [0.25, 0.3) is 5.91 Å². The molecule has 28 nitrogen and oxygen atoms in total.